The molecule has 2 aliphatic rings. The number of anilines is 1. The van der Waals surface area contributed by atoms with Crippen LogP contribution in [0.5, 0.6) is 5.75 Å². The minimum Gasteiger partial charge on any atom is -0.497 e. The number of methoxy groups -OCH3 is 1. The van der Waals surface area contributed by atoms with Crippen molar-refractivity contribution in [1.82, 2.24) is 9.88 Å². The van der Waals surface area contributed by atoms with Gasteiger partial charge in [0.25, 0.3) is 0 Å². The molecular formula is C19H25N3O2S. The lowest BCUT2D eigenvalue weighted by Crippen LogP contribution is -2.48. The third-order valence-electron chi connectivity index (χ3n) is 5.67. The van der Waals surface area contributed by atoms with Crippen molar-refractivity contribution >= 4 is 32.6 Å². The summed E-state index contributed by atoms with van der Waals surface area (Å²) in [6, 6.07) is 6.43. The molecule has 6 heteroatoms. The summed E-state index contributed by atoms with van der Waals surface area (Å²) in [5.41, 5.74) is 0.999. The van der Waals surface area contributed by atoms with Crippen LogP contribution in [0.3, 0.4) is 0 Å². The van der Waals surface area contributed by atoms with Crippen molar-refractivity contribution in [3.8, 4) is 5.75 Å². The Balaban J connectivity index is 1.40. The molecule has 0 N–H and O–H groups in total. The molecule has 1 aliphatic heterocycles. The number of carbonyl (C=O) groups is 1. The molecule has 0 radical (unpaired) electrons. The first-order chi connectivity index (χ1) is 12.2. The first-order valence-electron chi connectivity index (χ1n) is 9.12. The van der Waals surface area contributed by atoms with E-state index in [0.29, 0.717) is 17.9 Å². The number of nitrogens with zero attached hydrogens (tertiary/aromatic N) is 3. The smallest absolute Gasteiger partial charge is 0.225 e. The number of amides is 1. The van der Waals surface area contributed by atoms with E-state index in [1.165, 1.54) is 11.1 Å². The molecule has 1 aromatic carbocycles. The van der Waals surface area contributed by atoms with Crippen LogP contribution in [0.4, 0.5) is 5.13 Å². The molecule has 2 heterocycles. The van der Waals surface area contributed by atoms with E-state index in [2.05, 4.69) is 11.0 Å². The van der Waals surface area contributed by atoms with Crippen LogP contribution in [0.1, 0.15) is 32.1 Å². The number of hydrogen-bond donors (Lipinski definition) is 0. The van der Waals surface area contributed by atoms with Crippen LogP contribution in [0.2, 0.25) is 0 Å². The third kappa shape index (κ3) is 3.19. The largest absolute Gasteiger partial charge is 0.497 e. The number of thiazole rings is 1. The van der Waals surface area contributed by atoms with Crippen LogP contribution in [-0.2, 0) is 4.79 Å². The standard InChI is InChI=1S/C19H25N3O2S/c1-21(18(23)13-4-3-5-13)14-8-10-22(11-9-14)19-20-16-12-15(24-2)6-7-17(16)25-19/h6-7,12-14H,3-5,8-11H2,1-2H3. The maximum absolute atomic E-state index is 12.4. The SMILES string of the molecule is COc1ccc2sc(N3CCC(N(C)C(=O)C4CCC4)CC3)nc2c1. The molecule has 2 fully saturated rings. The highest BCUT2D eigenvalue weighted by molar-refractivity contribution is 7.22. The van der Waals surface area contributed by atoms with Gasteiger partial charge in [-0.25, -0.2) is 4.98 Å². The molecule has 25 heavy (non-hydrogen) atoms. The molecular weight excluding hydrogens is 334 g/mol. The number of piperidine rings is 1. The number of carbonyl (C=O) groups excluding carboxylic acids is 1. The molecule has 134 valence electrons. The van der Waals surface area contributed by atoms with Crippen LogP contribution >= 0.6 is 11.3 Å². The Bertz CT molecular complexity index is 763. The van der Waals surface area contributed by atoms with Crippen molar-refractivity contribution in [1.29, 1.82) is 0 Å². The Morgan fingerprint density at radius 2 is 2.04 bits per heavy atom. The molecule has 1 aliphatic carbocycles. The van der Waals surface area contributed by atoms with Crippen LogP contribution < -0.4 is 9.64 Å². The molecule has 2 aromatic rings. The summed E-state index contributed by atoms with van der Waals surface area (Å²) in [5.74, 6) is 1.50. The van der Waals surface area contributed by atoms with Gasteiger partial charge in [0, 0.05) is 38.2 Å². The van der Waals surface area contributed by atoms with Crippen molar-refractivity contribution in [2.75, 3.05) is 32.1 Å². The van der Waals surface area contributed by atoms with E-state index in [0.717, 1.165) is 55.2 Å². The fraction of sp³-hybridized carbons (Fsp3) is 0.579. The number of aromatic nitrogens is 1. The molecule has 0 unspecified atom stereocenters. The lowest BCUT2D eigenvalue weighted by atomic mass is 9.84. The molecule has 1 saturated heterocycles. The van der Waals surface area contributed by atoms with Gasteiger partial charge in [-0.15, -0.1) is 0 Å². The summed E-state index contributed by atoms with van der Waals surface area (Å²) in [6.45, 7) is 1.92. The van der Waals surface area contributed by atoms with Gasteiger partial charge < -0.3 is 14.5 Å². The van der Waals surface area contributed by atoms with Crippen LogP contribution in [0.25, 0.3) is 10.2 Å². The summed E-state index contributed by atoms with van der Waals surface area (Å²) >= 11 is 1.74. The van der Waals surface area contributed by atoms with E-state index in [-0.39, 0.29) is 0 Å². The molecule has 0 atom stereocenters. The van der Waals surface area contributed by atoms with Crippen molar-refractivity contribution in [3.63, 3.8) is 0 Å². The lowest BCUT2D eigenvalue weighted by Gasteiger charge is -2.39. The fourth-order valence-corrected chi connectivity index (χ4v) is 4.72. The second-order valence-electron chi connectivity index (χ2n) is 7.13. The van der Waals surface area contributed by atoms with Crippen LogP contribution in [-0.4, -0.2) is 49.1 Å². The van der Waals surface area contributed by atoms with Gasteiger partial charge in [-0.3, -0.25) is 4.79 Å². The number of fused-ring (bicyclic) bond motifs is 1. The zero-order chi connectivity index (χ0) is 17.4. The molecule has 1 aromatic heterocycles. The maximum atomic E-state index is 12.4. The zero-order valence-electron chi connectivity index (χ0n) is 14.9. The summed E-state index contributed by atoms with van der Waals surface area (Å²) in [7, 11) is 3.67. The van der Waals surface area contributed by atoms with E-state index in [9.17, 15) is 4.79 Å². The average Bonchev–Trinajstić information content (AvgIpc) is 3.02. The molecule has 4 rings (SSSR count). The second kappa shape index (κ2) is 6.83. The minimum absolute atomic E-state index is 0.294. The molecule has 0 spiro atoms. The predicted octanol–water partition coefficient (Wildman–Crippen LogP) is 3.53. The first kappa shape index (κ1) is 16.6. The highest BCUT2D eigenvalue weighted by atomic mass is 32.1. The molecule has 1 saturated carbocycles. The second-order valence-corrected chi connectivity index (χ2v) is 8.13. The molecule has 0 bridgehead atoms. The number of ether oxygens (including phenoxy) is 1. The summed E-state index contributed by atoms with van der Waals surface area (Å²) < 4.78 is 6.48. The van der Waals surface area contributed by atoms with E-state index < -0.39 is 0 Å². The molecule has 1 amide bonds. The Morgan fingerprint density at radius 1 is 1.28 bits per heavy atom. The van der Waals surface area contributed by atoms with E-state index in [1.807, 2.05) is 24.1 Å². The Hall–Kier alpha value is -1.82. The lowest BCUT2D eigenvalue weighted by molar-refractivity contribution is -0.139. The predicted molar refractivity (Wildman–Crippen MR) is 102 cm³/mol. The highest BCUT2D eigenvalue weighted by Crippen LogP contribution is 2.34. The van der Waals surface area contributed by atoms with Gasteiger partial charge >= 0.3 is 0 Å². The number of benzene rings is 1. The van der Waals surface area contributed by atoms with Gasteiger partial charge in [-0.1, -0.05) is 17.8 Å². The number of rotatable bonds is 4. The normalized spacial score (nSPS) is 19.0. The van der Waals surface area contributed by atoms with Crippen molar-refractivity contribution in [3.05, 3.63) is 18.2 Å². The first-order valence-corrected chi connectivity index (χ1v) is 9.93. The zero-order valence-corrected chi connectivity index (χ0v) is 15.7. The summed E-state index contributed by atoms with van der Waals surface area (Å²) in [6.07, 6.45) is 5.42. The molecule has 5 nitrogen and oxygen atoms in total. The fourth-order valence-electron chi connectivity index (χ4n) is 3.72. The van der Waals surface area contributed by atoms with Gasteiger partial charge in [-0.05, 0) is 37.8 Å². The quantitative estimate of drug-likeness (QED) is 0.838. The van der Waals surface area contributed by atoms with Gasteiger partial charge in [0.2, 0.25) is 5.91 Å². The minimum atomic E-state index is 0.294. The van der Waals surface area contributed by atoms with Crippen molar-refractivity contribution < 1.29 is 9.53 Å². The monoisotopic (exact) mass is 359 g/mol. The summed E-state index contributed by atoms with van der Waals surface area (Å²) in [5, 5.41) is 1.08. The Morgan fingerprint density at radius 3 is 2.68 bits per heavy atom. The topological polar surface area (TPSA) is 45.7 Å². The van der Waals surface area contributed by atoms with Gasteiger partial charge in [0.1, 0.15) is 5.75 Å². The summed E-state index contributed by atoms with van der Waals surface area (Å²) in [4.78, 5) is 21.6. The van der Waals surface area contributed by atoms with Gasteiger partial charge in [-0.2, -0.15) is 0 Å². The Labute approximate surface area is 152 Å². The van der Waals surface area contributed by atoms with E-state index in [4.69, 9.17) is 9.72 Å². The van der Waals surface area contributed by atoms with E-state index >= 15 is 0 Å². The van der Waals surface area contributed by atoms with Crippen LogP contribution in [0.15, 0.2) is 18.2 Å². The highest BCUT2D eigenvalue weighted by Gasteiger charge is 2.32. The van der Waals surface area contributed by atoms with Crippen LogP contribution in [0, 0.1) is 5.92 Å². The average molecular weight is 359 g/mol. The van der Waals surface area contributed by atoms with Gasteiger partial charge in [0.15, 0.2) is 5.13 Å². The Kier molecular flexibility index (Phi) is 4.54. The van der Waals surface area contributed by atoms with Crippen molar-refractivity contribution in [2.24, 2.45) is 5.92 Å². The maximum Gasteiger partial charge on any atom is 0.225 e. The third-order valence-corrected chi connectivity index (χ3v) is 6.77. The van der Waals surface area contributed by atoms with Gasteiger partial charge in [0.05, 0.1) is 17.3 Å². The van der Waals surface area contributed by atoms with Crippen molar-refractivity contribution in [2.45, 2.75) is 38.1 Å². The van der Waals surface area contributed by atoms with E-state index in [1.54, 1.807) is 18.4 Å². The number of hydrogen-bond acceptors (Lipinski definition) is 5.